The Kier molecular flexibility index (Phi) is 4.53. The first-order chi connectivity index (χ1) is 9.00. The zero-order valence-electron chi connectivity index (χ0n) is 11.6. The molecule has 2 rings (SSSR count). The summed E-state index contributed by atoms with van der Waals surface area (Å²) in [6.07, 6.45) is 0. The largest absolute Gasteiger partial charge is 0.314 e. The molecule has 1 N–H and O–H groups in total. The second-order valence-electron chi connectivity index (χ2n) is 5.50. The molecule has 4 heteroatoms. The van der Waals surface area contributed by atoms with E-state index in [0.717, 1.165) is 38.3 Å². The maximum atomic E-state index is 13.9. The average molecular weight is 268 g/mol. The molecule has 1 aliphatic rings. The Morgan fingerprint density at radius 1 is 1.16 bits per heavy atom. The summed E-state index contributed by atoms with van der Waals surface area (Å²) in [6.45, 7) is 7.99. The van der Waals surface area contributed by atoms with Gasteiger partial charge in [0, 0.05) is 44.2 Å². The minimum atomic E-state index is -2.74. The van der Waals surface area contributed by atoms with E-state index in [2.05, 4.69) is 10.2 Å². The van der Waals surface area contributed by atoms with Gasteiger partial charge in [0.15, 0.2) is 0 Å². The molecule has 19 heavy (non-hydrogen) atoms. The summed E-state index contributed by atoms with van der Waals surface area (Å²) in [5, 5.41) is 3.30. The molecule has 0 aliphatic carbocycles. The lowest BCUT2D eigenvalue weighted by atomic mass is 9.97. The Bertz CT molecular complexity index is 395. The summed E-state index contributed by atoms with van der Waals surface area (Å²) in [5.74, 6) is -3.42. The first kappa shape index (κ1) is 14.4. The van der Waals surface area contributed by atoms with Crippen molar-refractivity contribution in [2.75, 3.05) is 26.2 Å². The molecule has 0 aromatic heterocycles. The average Bonchev–Trinajstić information content (AvgIpc) is 2.40. The number of halogens is 2. The third-order valence-electron chi connectivity index (χ3n) is 3.68. The maximum Gasteiger partial charge on any atom is 0.275 e. The number of benzene rings is 1. The van der Waals surface area contributed by atoms with E-state index < -0.39 is 11.8 Å². The van der Waals surface area contributed by atoms with Crippen LogP contribution in [-0.2, 0) is 12.5 Å². The predicted octanol–water partition coefficient (Wildman–Crippen LogP) is 2.84. The summed E-state index contributed by atoms with van der Waals surface area (Å²) in [7, 11) is 0. The Labute approximate surface area is 113 Å². The lowest BCUT2D eigenvalue weighted by Gasteiger charge is -2.27. The predicted molar refractivity (Wildman–Crippen MR) is 73.3 cm³/mol. The van der Waals surface area contributed by atoms with E-state index >= 15 is 0 Å². The second kappa shape index (κ2) is 5.97. The van der Waals surface area contributed by atoms with Gasteiger partial charge in [-0.3, -0.25) is 4.90 Å². The van der Waals surface area contributed by atoms with Crippen LogP contribution in [0.4, 0.5) is 8.78 Å². The topological polar surface area (TPSA) is 15.3 Å². The van der Waals surface area contributed by atoms with Crippen LogP contribution in [0.25, 0.3) is 0 Å². The number of hydrogen-bond donors (Lipinski definition) is 1. The number of alkyl halides is 2. The van der Waals surface area contributed by atoms with Crippen molar-refractivity contribution in [1.82, 2.24) is 10.2 Å². The molecule has 0 unspecified atom stereocenters. The zero-order chi connectivity index (χ0) is 13.9. The Hall–Kier alpha value is -1.00. The van der Waals surface area contributed by atoms with Gasteiger partial charge in [0.1, 0.15) is 0 Å². The van der Waals surface area contributed by atoms with Gasteiger partial charge in [-0.15, -0.1) is 0 Å². The molecule has 0 spiro atoms. The second-order valence-corrected chi connectivity index (χ2v) is 5.50. The molecule has 0 amide bonds. The molecule has 2 nitrogen and oxygen atoms in total. The van der Waals surface area contributed by atoms with Gasteiger partial charge in [0.25, 0.3) is 5.92 Å². The monoisotopic (exact) mass is 268 g/mol. The van der Waals surface area contributed by atoms with Crippen LogP contribution in [0.15, 0.2) is 24.3 Å². The molecule has 0 radical (unpaired) electrons. The molecule has 1 aliphatic heterocycles. The van der Waals surface area contributed by atoms with Crippen molar-refractivity contribution >= 4 is 0 Å². The molecule has 0 atom stereocenters. The van der Waals surface area contributed by atoms with Crippen molar-refractivity contribution in [2.24, 2.45) is 5.92 Å². The first-order valence-corrected chi connectivity index (χ1v) is 6.90. The van der Waals surface area contributed by atoms with Crippen LogP contribution in [0.1, 0.15) is 25.0 Å². The van der Waals surface area contributed by atoms with Crippen LogP contribution in [0.3, 0.4) is 0 Å². The normalized spacial score (nSPS) is 17.9. The highest BCUT2D eigenvalue weighted by molar-refractivity contribution is 5.26. The van der Waals surface area contributed by atoms with E-state index in [-0.39, 0.29) is 5.56 Å². The standard InChI is InChI=1S/C15H22F2N2/c1-12(2)15(16,17)14-5-3-13(4-6-14)11-19-9-7-18-8-10-19/h3-6,12,18H,7-11H2,1-2H3. The van der Waals surface area contributed by atoms with Gasteiger partial charge in [-0.05, 0) is 5.56 Å². The summed E-state index contributed by atoms with van der Waals surface area (Å²) in [5.41, 5.74) is 1.22. The van der Waals surface area contributed by atoms with Crippen molar-refractivity contribution < 1.29 is 8.78 Å². The van der Waals surface area contributed by atoms with Crippen LogP contribution in [-0.4, -0.2) is 31.1 Å². The van der Waals surface area contributed by atoms with Gasteiger partial charge in [-0.2, -0.15) is 0 Å². The quantitative estimate of drug-likeness (QED) is 0.903. The summed E-state index contributed by atoms with van der Waals surface area (Å²) < 4.78 is 27.7. The smallest absolute Gasteiger partial charge is 0.275 e. The van der Waals surface area contributed by atoms with Gasteiger partial charge in [-0.25, -0.2) is 8.78 Å². The Balaban J connectivity index is 2.02. The highest BCUT2D eigenvalue weighted by atomic mass is 19.3. The molecule has 1 aromatic rings. The highest BCUT2D eigenvalue weighted by Crippen LogP contribution is 2.35. The molecular weight excluding hydrogens is 246 g/mol. The molecule has 1 saturated heterocycles. The lowest BCUT2D eigenvalue weighted by Crippen LogP contribution is -2.42. The maximum absolute atomic E-state index is 13.9. The molecule has 0 saturated carbocycles. The van der Waals surface area contributed by atoms with Gasteiger partial charge in [-0.1, -0.05) is 38.1 Å². The number of nitrogens with one attached hydrogen (secondary N) is 1. The molecule has 1 aromatic carbocycles. The Morgan fingerprint density at radius 2 is 1.74 bits per heavy atom. The number of hydrogen-bond acceptors (Lipinski definition) is 2. The molecule has 0 bridgehead atoms. The van der Waals surface area contributed by atoms with Gasteiger partial charge < -0.3 is 5.32 Å². The van der Waals surface area contributed by atoms with Crippen LogP contribution >= 0.6 is 0 Å². The van der Waals surface area contributed by atoms with Gasteiger partial charge in [0.2, 0.25) is 0 Å². The fourth-order valence-corrected chi connectivity index (χ4v) is 2.29. The minimum absolute atomic E-state index is 0.117. The van der Waals surface area contributed by atoms with E-state index in [0.29, 0.717) is 0 Å². The van der Waals surface area contributed by atoms with Crippen LogP contribution < -0.4 is 5.32 Å². The number of piperazine rings is 1. The highest BCUT2D eigenvalue weighted by Gasteiger charge is 2.35. The van der Waals surface area contributed by atoms with Crippen molar-refractivity contribution in [1.29, 1.82) is 0 Å². The van der Waals surface area contributed by atoms with Gasteiger partial charge >= 0.3 is 0 Å². The van der Waals surface area contributed by atoms with Gasteiger partial charge in [0.05, 0.1) is 0 Å². The molecule has 1 fully saturated rings. The van der Waals surface area contributed by atoms with E-state index in [9.17, 15) is 8.78 Å². The van der Waals surface area contributed by atoms with E-state index in [4.69, 9.17) is 0 Å². The van der Waals surface area contributed by atoms with Crippen LogP contribution in [0.5, 0.6) is 0 Å². The Morgan fingerprint density at radius 3 is 2.26 bits per heavy atom. The number of nitrogens with zero attached hydrogens (tertiary/aromatic N) is 1. The molecule has 106 valence electrons. The summed E-state index contributed by atoms with van der Waals surface area (Å²) in [6, 6.07) is 6.79. The van der Waals surface area contributed by atoms with E-state index in [1.807, 2.05) is 12.1 Å². The molecular formula is C15H22F2N2. The number of rotatable bonds is 4. The lowest BCUT2D eigenvalue weighted by molar-refractivity contribution is -0.0514. The van der Waals surface area contributed by atoms with E-state index in [1.54, 1.807) is 26.0 Å². The minimum Gasteiger partial charge on any atom is -0.314 e. The third-order valence-corrected chi connectivity index (χ3v) is 3.68. The zero-order valence-corrected chi connectivity index (χ0v) is 11.6. The van der Waals surface area contributed by atoms with Crippen molar-refractivity contribution in [3.05, 3.63) is 35.4 Å². The SMILES string of the molecule is CC(C)C(F)(F)c1ccc(CN2CCNCC2)cc1. The fraction of sp³-hybridized carbons (Fsp3) is 0.600. The van der Waals surface area contributed by atoms with Crippen molar-refractivity contribution in [3.8, 4) is 0 Å². The fourth-order valence-electron chi connectivity index (χ4n) is 2.29. The summed E-state index contributed by atoms with van der Waals surface area (Å²) in [4.78, 5) is 2.34. The first-order valence-electron chi connectivity index (χ1n) is 6.90. The summed E-state index contributed by atoms with van der Waals surface area (Å²) >= 11 is 0. The van der Waals surface area contributed by atoms with Crippen LogP contribution in [0.2, 0.25) is 0 Å². The van der Waals surface area contributed by atoms with Crippen molar-refractivity contribution in [3.63, 3.8) is 0 Å². The van der Waals surface area contributed by atoms with E-state index in [1.165, 1.54) is 0 Å². The van der Waals surface area contributed by atoms with Crippen molar-refractivity contribution in [2.45, 2.75) is 26.3 Å². The third kappa shape index (κ3) is 3.51. The molecule has 1 heterocycles. The van der Waals surface area contributed by atoms with Crippen LogP contribution in [0, 0.1) is 5.92 Å².